The summed E-state index contributed by atoms with van der Waals surface area (Å²) in [6.45, 7) is -0.282. The second-order valence-corrected chi connectivity index (χ2v) is 6.87. The minimum Gasteiger partial charge on any atom is -0.415 e. The van der Waals surface area contributed by atoms with Gasteiger partial charge in [-0.3, -0.25) is 4.98 Å². The van der Waals surface area contributed by atoms with Gasteiger partial charge in [0.2, 0.25) is 11.7 Å². The van der Waals surface area contributed by atoms with Crippen molar-refractivity contribution in [2.75, 3.05) is 0 Å². The van der Waals surface area contributed by atoms with Crippen molar-refractivity contribution in [3.05, 3.63) is 57.9 Å². The van der Waals surface area contributed by atoms with Crippen LogP contribution in [0.5, 0.6) is 0 Å². The fourth-order valence-electron chi connectivity index (χ4n) is 2.74. The zero-order valence-electron chi connectivity index (χ0n) is 14.5. The van der Waals surface area contributed by atoms with Gasteiger partial charge >= 0.3 is 12.6 Å². The highest BCUT2D eigenvalue weighted by atomic mass is 35.5. The third-order valence-electron chi connectivity index (χ3n) is 4.06. The number of hydrogen-bond acceptors (Lipinski definition) is 5. The number of fused-ring (bicyclic) bond motifs is 1. The molecule has 0 unspecified atom stereocenters. The van der Waals surface area contributed by atoms with E-state index >= 15 is 0 Å². The van der Waals surface area contributed by atoms with E-state index in [1.54, 1.807) is 0 Å². The largest absolute Gasteiger partial charge is 0.449 e. The van der Waals surface area contributed by atoms with E-state index < -0.39 is 24.3 Å². The average Bonchev–Trinajstić information content (AvgIpc) is 3.29. The van der Waals surface area contributed by atoms with Gasteiger partial charge in [-0.25, -0.2) is 4.98 Å². The van der Waals surface area contributed by atoms with E-state index in [1.165, 1.54) is 30.5 Å². The summed E-state index contributed by atoms with van der Waals surface area (Å²) < 4.78 is 71.3. The minimum absolute atomic E-state index is 0.0266. The molecular weight excluding hydrogens is 456 g/mol. The first kappa shape index (κ1) is 20.5. The zero-order chi connectivity index (χ0) is 21.6. The number of halogens is 7. The maximum Gasteiger partial charge on any atom is 0.449 e. The predicted octanol–water partition coefficient (Wildman–Crippen LogP) is 5.79. The van der Waals surface area contributed by atoms with Crippen molar-refractivity contribution in [3.8, 4) is 11.5 Å². The second-order valence-electron chi connectivity index (χ2n) is 6.06. The molecule has 3 aromatic heterocycles. The summed E-state index contributed by atoms with van der Waals surface area (Å²) in [7, 11) is 0. The Labute approximate surface area is 174 Å². The van der Waals surface area contributed by atoms with Crippen molar-refractivity contribution in [2.24, 2.45) is 0 Å². The summed E-state index contributed by atoms with van der Waals surface area (Å²) in [6.07, 6.45) is -6.42. The third-order valence-corrected chi connectivity index (χ3v) is 4.79. The molecule has 0 radical (unpaired) electrons. The Bertz CT molecular complexity index is 1220. The molecule has 0 aliphatic carbocycles. The Kier molecular flexibility index (Phi) is 5.10. The standard InChI is InChI=1S/C17H8Cl2F5N5O/c18-9-3-11-12(4-10(9)19)29(16(26-11)17(22,23)24)6-8-2-1-7(5-25-8)14-27-28-15(30-14)13(20)21/h1-5,13H,6H2. The molecule has 156 valence electrons. The van der Waals surface area contributed by atoms with Gasteiger partial charge in [0, 0.05) is 6.20 Å². The van der Waals surface area contributed by atoms with Crippen LogP contribution in [0.4, 0.5) is 22.0 Å². The molecule has 0 bridgehead atoms. The number of rotatable bonds is 4. The second kappa shape index (κ2) is 7.47. The lowest BCUT2D eigenvalue weighted by atomic mass is 10.2. The van der Waals surface area contributed by atoms with E-state index in [-0.39, 0.29) is 44.8 Å². The molecule has 6 nitrogen and oxygen atoms in total. The van der Waals surface area contributed by atoms with E-state index in [0.717, 1.165) is 4.57 Å². The third kappa shape index (κ3) is 3.82. The monoisotopic (exact) mass is 463 g/mol. The number of imidazole rings is 1. The van der Waals surface area contributed by atoms with Gasteiger partial charge in [-0.15, -0.1) is 10.2 Å². The van der Waals surface area contributed by atoms with Crippen molar-refractivity contribution in [3.63, 3.8) is 0 Å². The van der Waals surface area contributed by atoms with E-state index in [4.69, 9.17) is 27.6 Å². The summed E-state index contributed by atoms with van der Waals surface area (Å²) in [5.41, 5.74) is 0.627. The number of pyridine rings is 1. The molecule has 0 atom stereocenters. The normalized spacial score (nSPS) is 12.3. The summed E-state index contributed by atoms with van der Waals surface area (Å²) >= 11 is 11.8. The molecular formula is C17H8Cl2F5N5O. The van der Waals surface area contributed by atoms with E-state index in [2.05, 4.69) is 20.2 Å². The zero-order valence-corrected chi connectivity index (χ0v) is 16.0. The van der Waals surface area contributed by atoms with Crippen molar-refractivity contribution in [1.82, 2.24) is 24.7 Å². The Morgan fingerprint density at radius 3 is 2.40 bits per heavy atom. The average molecular weight is 464 g/mol. The maximum absolute atomic E-state index is 13.5. The van der Waals surface area contributed by atoms with Crippen LogP contribution in [0.15, 0.2) is 34.9 Å². The van der Waals surface area contributed by atoms with Crippen LogP contribution in [0.25, 0.3) is 22.5 Å². The van der Waals surface area contributed by atoms with Gasteiger partial charge in [0.1, 0.15) is 0 Å². The van der Waals surface area contributed by atoms with Gasteiger partial charge in [0.25, 0.3) is 5.89 Å². The summed E-state index contributed by atoms with van der Waals surface area (Å²) in [4.78, 5) is 7.69. The molecule has 1 aromatic carbocycles. The Morgan fingerprint density at radius 2 is 1.80 bits per heavy atom. The molecule has 30 heavy (non-hydrogen) atoms. The molecule has 13 heteroatoms. The van der Waals surface area contributed by atoms with Crippen molar-refractivity contribution < 1.29 is 26.4 Å². The first-order valence-corrected chi connectivity index (χ1v) is 8.88. The number of alkyl halides is 5. The van der Waals surface area contributed by atoms with Gasteiger partial charge < -0.3 is 8.98 Å². The lowest BCUT2D eigenvalue weighted by Crippen LogP contribution is -2.16. The van der Waals surface area contributed by atoms with E-state index in [9.17, 15) is 22.0 Å². The maximum atomic E-state index is 13.5. The fraction of sp³-hybridized carbons (Fsp3) is 0.176. The topological polar surface area (TPSA) is 69.6 Å². The molecule has 0 spiro atoms. The molecule has 4 rings (SSSR count). The lowest BCUT2D eigenvalue weighted by Gasteiger charge is -2.11. The van der Waals surface area contributed by atoms with Crippen LogP contribution in [-0.4, -0.2) is 24.7 Å². The van der Waals surface area contributed by atoms with E-state index in [1.807, 2.05) is 0 Å². The van der Waals surface area contributed by atoms with Gasteiger partial charge in [-0.2, -0.15) is 22.0 Å². The summed E-state index contributed by atoms with van der Waals surface area (Å²) in [5, 5.41) is 6.85. The molecule has 0 fully saturated rings. The Hall–Kier alpha value is -2.79. The summed E-state index contributed by atoms with van der Waals surface area (Å²) in [6, 6.07) is 5.37. The van der Waals surface area contributed by atoms with Crippen LogP contribution in [0.3, 0.4) is 0 Å². The fourth-order valence-corrected chi connectivity index (χ4v) is 3.06. The number of aromatic nitrogens is 5. The van der Waals surface area contributed by atoms with Gasteiger partial charge in [-0.05, 0) is 24.3 Å². The smallest absolute Gasteiger partial charge is 0.415 e. The highest BCUT2D eigenvalue weighted by Gasteiger charge is 2.38. The Morgan fingerprint density at radius 1 is 1.07 bits per heavy atom. The number of benzene rings is 1. The first-order valence-electron chi connectivity index (χ1n) is 8.13. The predicted molar refractivity (Wildman–Crippen MR) is 96.3 cm³/mol. The van der Waals surface area contributed by atoms with Crippen LogP contribution in [0.2, 0.25) is 10.0 Å². The molecule has 0 amide bonds. The highest BCUT2D eigenvalue weighted by Crippen LogP contribution is 2.35. The molecule has 0 saturated heterocycles. The van der Waals surface area contributed by atoms with Crippen molar-refractivity contribution in [1.29, 1.82) is 0 Å². The minimum atomic E-state index is -4.73. The van der Waals surface area contributed by atoms with E-state index in [0.29, 0.717) is 0 Å². The SMILES string of the molecule is FC(F)c1nnc(-c2ccc(Cn3c(C(F)(F)F)nc4cc(Cl)c(Cl)cc43)nc2)o1. The molecule has 4 aromatic rings. The van der Waals surface area contributed by atoms with Crippen molar-refractivity contribution in [2.45, 2.75) is 19.1 Å². The molecule has 0 N–H and O–H groups in total. The van der Waals surface area contributed by atoms with Gasteiger partial charge in [0.15, 0.2) is 0 Å². The van der Waals surface area contributed by atoms with Crippen LogP contribution in [0.1, 0.15) is 23.8 Å². The van der Waals surface area contributed by atoms with Gasteiger partial charge in [0.05, 0.1) is 38.9 Å². The molecule has 0 aliphatic heterocycles. The molecule has 0 saturated carbocycles. The number of nitrogens with zero attached hydrogens (tertiary/aromatic N) is 5. The first-order chi connectivity index (χ1) is 14.1. The summed E-state index contributed by atoms with van der Waals surface area (Å²) in [5.74, 6) is -2.17. The van der Waals surface area contributed by atoms with Crippen molar-refractivity contribution >= 4 is 34.2 Å². The Balaban J connectivity index is 1.70. The quantitative estimate of drug-likeness (QED) is 0.358. The lowest BCUT2D eigenvalue weighted by molar-refractivity contribution is -0.146. The molecule has 0 aliphatic rings. The van der Waals surface area contributed by atoms with Crippen LogP contribution < -0.4 is 0 Å². The van der Waals surface area contributed by atoms with Crippen LogP contribution in [-0.2, 0) is 12.7 Å². The molecule has 3 heterocycles. The van der Waals surface area contributed by atoms with Crippen LogP contribution >= 0.6 is 23.2 Å². The van der Waals surface area contributed by atoms with Gasteiger partial charge in [-0.1, -0.05) is 23.2 Å². The van der Waals surface area contributed by atoms with Crippen LogP contribution in [0, 0.1) is 0 Å². The highest BCUT2D eigenvalue weighted by molar-refractivity contribution is 6.42. The number of hydrogen-bond donors (Lipinski definition) is 0.